The molecule has 0 aromatic carbocycles. The van der Waals surface area contributed by atoms with Gasteiger partial charge in [-0.1, -0.05) is 38.1 Å². The van der Waals surface area contributed by atoms with Gasteiger partial charge in [0, 0.05) is 13.6 Å². The zero-order chi connectivity index (χ0) is 12.2. The quantitative estimate of drug-likeness (QED) is 0.573. The van der Waals surface area contributed by atoms with Crippen molar-refractivity contribution in [2.45, 2.75) is 70.3 Å². The van der Waals surface area contributed by atoms with E-state index < -0.39 is 8.07 Å². The fourth-order valence-corrected chi connectivity index (χ4v) is 4.44. The highest BCUT2D eigenvalue weighted by molar-refractivity contribution is 6.76. The lowest BCUT2D eigenvalue weighted by atomic mass is 9.89. The molecule has 1 nitrogen and oxygen atoms in total. The zero-order valence-electron chi connectivity index (χ0n) is 11.7. The van der Waals surface area contributed by atoms with Gasteiger partial charge in [-0.3, -0.25) is 0 Å². The Bertz CT molecular complexity index is 232. The van der Waals surface area contributed by atoms with Crippen LogP contribution in [0.25, 0.3) is 0 Å². The minimum Gasteiger partial charge on any atom is -0.311 e. The summed E-state index contributed by atoms with van der Waals surface area (Å²) < 4.78 is 0. The molecule has 1 N–H and O–H groups in total. The van der Waals surface area contributed by atoms with Crippen molar-refractivity contribution in [1.82, 2.24) is 5.32 Å². The number of hydrogen-bond acceptors (Lipinski definition) is 1. The molecule has 0 aliphatic carbocycles. The average Bonchev–Trinajstić information content (AvgIpc) is 2.25. The Labute approximate surface area is 103 Å². The summed E-state index contributed by atoms with van der Waals surface area (Å²) in [4.78, 5) is 0. The second-order valence-corrected chi connectivity index (χ2v) is 12.4. The predicted molar refractivity (Wildman–Crippen MR) is 76.8 cm³/mol. The summed E-state index contributed by atoms with van der Waals surface area (Å²) in [5.74, 6) is 0. The molecule has 1 rings (SSSR count). The molecule has 0 bridgehead atoms. The van der Waals surface area contributed by atoms with E-state index >= 15 is 0 Å². The normalized spacial score (nSPS) is 27.5. The first kappa shape index (κ1) is 14.0. The Balaban J connectivity index is 2.47. The fourth-order valence-electron chi connectivity index (χ4n) is 2.81. The van der Waals surface area contributed by atoms with Gasteiger partial charge in [-0.25, -0.2) is 0 Å². The van der Waals surface area contributed by atoms with E-state index in [9.17, 15) is 0 Å². The average molecular weight is 239 g/mol. The molecule has 1 heterocycles. The topological polar surface area (TPSA) is 12.0 Å². The van der Waals surface area contributed by atoms with E-state index in [0.717, 1.165) is 0 Å². The van der Waals surface area contributed by atoms with Crippen LogP contribution in [0.4, 0.5) is 0 Å². The molecule has 0 radical (unpaired) electrons. The maximum absolute atomic E-state index is 4.30. The van der Waals surface area contributed by atoms with Crippen LogP contribution in [0.1, 0.15) is 39.0 Å². The molecule has 0 aromatic rings. The molecule has 1 unspecified atom stereocenters. The summed E-state index contributed by atoms with van der Waals surface area (Å²) in [6.45, 7) is 15.2. The fraction of sp³-hybridized carbons (Fsp3) is 0.857. The zero-order valence-corrected chi connectivity index (χ0v) is 12.7. The Hall–Kier alpha value is -0.0831. The van der Waals surface area contributed by atoms with E-state index in [1.807, 2.05) is 0 Å². The van der Waals surface area contributed by atoms with Gasteiger partial charge in [0.1, 0.15) is 0 Å². The van der Waals surface area contributed by atoms with Crippen molar-refractivity contribution in [3.05, 3.63) is 12.2 Å². The highest BCUT2D eigenvalue weighted by Gasteiger charge is 2.27. The van der Waals surface area contributed by atoms with Gasteiger partial charge in [-0.05, 0) is 38.8 Å². The largest absolute Gasteiger partial charge is 0.311 e. The second-order valence-electron chi connectivity index (χ2n) is 6.96. The molecule has 1 atom stereocenters. The third-order valence-electron chi connectivity index (χ3n) is 3.38. The first-order valence-corrected chi connectivity index (χ1v) is 10.4. The Kier molecular flexibility index (Phi) is 4.81. The van der Waals surface area contributed by atoms with Gasteiger partial charge in [0.05, 0.1) is 0 Å². The lowest BCUT2D eigenvalue weighted by Gasteiger charge is -2.31. The standard InChI is InChI=1S/C14H29NSi/c1-13(12-16(3,4)5)11-14(2)9-7-6-8-10-15-14/h15H,1,6-12H2,2-5H3. The van der Waals surface area contributed by atoms with Gasteiger partial charge in [-0.2, -0.15) is 0 Å². The van der Waals surface area contributed by atoms with Crippen molar-refractivity contribution in [3.63, 3.8) is 0 Å². The van der Waals surface area contributed by atoms with Crippen LogP contribution in [0.3, 0.4) is 0 Å². The SMILES string of the molecule is C=C(CC1(C)CCCCCN1)C[Si](C)(C)C. The monoisotopic (exact) mass is 239 g/mol. The lowest BCUT2D eigenvalue weighted by Crippen LogP contribution is -2.42. The molecule has 1 aliphatic heterocycles. The summed E-state index contributed by atoms with van der Waals surface area (Å²) in [6.07, 6.45) is 6.61. The Morgan fingerprint density at radius 2 is 1.94 bits per heavy atom. The van der Waals surface area contributed by atoms with Crippen molar-refractivity contribution >= 4 is 8.07 Å². The van der Waals surface area contributed by atoms with Crippen molar-refractivity contribution in [2.75, 3.05) is 6.54 Å². The van der Waals surface area contributed by atoms with Crippen LogP contribution in [-0.2, 0) is 0 Å². The van der Waals surface area contributed by atoms with E-state index in [4.69, 9.17) is 0 Å². The summed E-state index contributed by atoms with van der Waals surface area (Å²) in [6, 6.07) is 1.28. The molecule has 0 saturated carbocycles. The van der Waals surface area contributed by atoms with E-state index in [2.05, 4.69) is 38.5 Å². The van der Waals surface area contributed by atoms with Gasteiger partial charge in [0.15, 0.2) is 0 Å². The molecular weight excluding hydrogens is 210 g/mol. The third kappa shape index (κ3) is 5.31. The maximum Gasteiger partial charge on any atom is 0.0483 e. The van der Waals surface area contributed by atoms with Crippen LogP contribution in [0.2, 0.25) is 25.7 Å². The van der Waals surface area contributed by atoms with Crippen molar-refractivity contribution < 1.29 is 0 Å². The van der Waals surface area contributed by atoms with Gasteiger partial charge in [0.25, 0.3) is 0 Å². The molecule has 2 heteroatoms. The highest BCUT2D eigenvalue weighted by atomic mass is 28.3. The van der Waals surface area contributed by atoms with Crippen molar-refractivity contribution in [1.29, 1.82) is 0 Å². The van der Waals surface area contributed by atoms with E-state index in [-0.39, 0.29) is 0 Å². The summed E-state index contributed by atoms with van der Waals surface area (Å²) >= 11 is 0. The van der Waals surface area contributed by atoms with Crippen LogP contribution in [0.5, 0.6) is 0 Å². The molecule has 0 amide bonds. The van der Waals surface area contributed by atoms with Gasteiger partial charge < -0.3 is 5.32 Å². The third-order valence-corrected chi connectivity index (χ3v) is 4.94. The summed E-state index contributed by atoms with van der Waals surface area (Å²) in [5.41, 5.74) is 1.80. The minimum atomic E-state index is -0.978. The van der Waals surface area contributed by atoms with Crippen LogP contribution in [-0.4, -0.2) is 20.2 Å². The lowest BCUT2D eigenvalue weighted by molar-refractivity contribution is 0.345. The molecule has 1 saturated heterocycles. The van der Waals surface area contributed by atoms with E-state index in [1.165, 1.54) is 50.3 Å². The molecule has 1 aliphatic rings. The number of rotatable bonds is 4. The van der Waals surface area contributed by atoms with Gasteiger partial charge in [0.2, 0.25) is 0 Å². The molecule has 0 aromatic heterocycles. The first-order chi connectivity index (χ1) is 7.31. The van der Waals surface area contributed by atoms with Crippen molar-refractivity contribution in [3.8, 4) is 0 Å². The van der Waals surface area contributed by atoms with Crippen LogP contribution >= 0.6 is 0 Å². The van der Waals surface area contributed by atoms with Crippen LogP contribution < -0.4 is 5.32 Å². The van der Waals surface area contributed by atoms with Crippen LogP contribution in [0.15, 0.2) is 12.2 Å². The molecule has 1 fully saturated rings. The summed E-state index contributed by atoms with van der Waals surface area (Å²) in [5, 5.41) is 3.73. The highest BCUT2D eigenvalue weighted by Crippen LogP contribution is 2.28. The number of nitrogens with one attached hydrogen (secondary N) is 1. The van der Waals surface area contributed by atoms with Crippen molar-refractivity contribution in [2.24, 2.45) is 0 Å². The Morgan fingerprint density at radius 3 is 2.56 bits per heavy atom. The minimum absolute atomic E-state index is 0.327. The van der Waals surface area contributed by atoms with Gasteiger partial charge >= 0.3 is 0 Å². The smallest absolute Gasteiger partial charge is 0.0483 e. The van der Waals surface area contributed by atoms with Gasteiger partial charge in [-0.15, -0.1) is 6.58 Å². The number of hydrogen-bond donors (Lipinski definition) is 1. The predicted octanol–water partition coefficient (Wildman–Crippen LogP) is 4.19. The summed E-state index contributed by atoms with van der Waals surface area (Å²) in [7, 11) is -0.978. The molecule has 16 heavy (non-hydrogen) atoms. The Morgan fingerprint density at radius 1 is 1.25 bits per heavy atom. The van der Waals surface area contributed by atoms with E-state index in [0.29, 0.717) is 5.54 Å². The first-order valence-electron chi connectivity index (χ1n) is 6.72. The second kappa shape index (κ2) is 5.50. The van der Waals surface area contributed by atoms with Crippen LogP contribution in [0, 0.1) is 0 Å². The molecule has 0 spiro atoms. The van der Waals surface area contributed by atoms with E-state index in [1.54, 1.807) is 0 Å². The maximum atomic E-state index is 4.30. The molecular formula is C14H29NSi. The molecule has 94 valence electrons.